The van der Waals surface area contributed by atoms with E-state index in [1.165, 1.54) is 59.4 Å². The van der Waals surface area contributed by atoms with E-state index < -0.39 is 0 Å². The minimum atomic E-state index is 0.627. The highest BCUT2D eigenvalue weighted by atomic mass is 32.2. The first-order chi connectivity index (χ1) is 32.2. The first kappa shape index (κ1) is 37.3. The maximum absolute atomic E-state index is 5.15. The highest BCUT2D eigenvalue weighted by Gasteiger charge is 2.28. The Balaban J connectivity index is 0.897. The molecule has 12 aromatic rings. The van der Waals surface area contributed by atoms with Crippen molar-refractivity contribution < 1.29 is 0 Å². The van der Waals surface area contributed by atoms with Crippen molar-refractivity contribution in [3.05, 3.63) is 224 Å². The average Bonchev–Trinajstić information content (AvgIpc) is 3.91. The summed E-state index contributed by atoms with van der Waals surface area (Å²) in [6.45, 7) is 0. The fourth-order valence-corrected chi connectivity index (χ4v) is 10.6. The third-order valence-electron chi connectivity index (χ3n) is 12.6. The van der Waals surface area contributed by atoms with Gasteiger partial charge >= 0.3 is 0 Å². The number of rotatable bonds is 7. The number of aromatic nitrogens is 5. The molecule has 0 saturated heterocycles. The standard InChI is InChI=1S/C59H37N5S/c1-4-15-38(16-5-1)42-19-12-20-43(35-42)39-29-31-41(32-30-39)57-60-56(40-17-6-2-7-18-40)61-58(62-57)46-22-13-21-44(36-46)45-33-34-51-53(37-45)65-52-28-14-26-49-54-48-25-10-11-27-50(48)63(47-23-8-3-9-24-47)59(54)64(51)55(49)52/h1-37H. The lowest BCUT2D eigenvalue weighted by atomic mass is 9.98. The second-order valence-corrected chi connectivity index (χ2v) is 17.5. The maximum atomic E-state index is 5.15. The van der Waals surface area contributed by atoms with E-state index in [2.05, 4.69) is 215 Å². The van der Waals surface area contributed by atoms with Crippen molar-refractivity contribution in [1.29, 1.82) is 0 Å². The van der Waals surface area contributed by atoms with Crippen molar-refractivity contribution in [2.45, 2.75) is 9.79 Å². The van der Waals surface area contributed by atoms with Gasteiger partial charge < -0.3 is 0 Å². The summed E-state index contributed by atoms with van der Waals surface area (Å²) in [5.41, 5.74) is 15.7. The number of para-hydroxylation sites is 3. The summed E-state index contributed by atoms with van der Waals surface area (Å²) in [5, 5.41) is 3.81. The molecule has 1 aliphatic rings. The SMILES string of the molecule is c1ccc(-c2cccc(-c3ccc(-c4nc(-c5ccccc5)nc(-c5cccc(-c6ccc7c(c6)Sc6cccc8c9c%10ccccc%10n(-c%10ccccc%10)c9n-7c68)c5)n4)cc3)c2)cc1. The topological polar surface area (TPSA) is 48.5 Å². The molecule has 0 aliphatic carbocycles. The van der Waals surface area contributed by atoms with Crippen LogP contribution >= 0.6 is 11.8 Å². The van der Waals surface area contributed by atoms with Crippen LogP contribution in [0.4, 0.5) is 0 Å². The molecule has 0 bridgehead atoms. The van der Waals surface area contributed by atoms with Crippen LogP contribution in [0.15, 0.2) is 234 Å². The molecule has 0 fully saturated rings. The van der Waals surface area contributed by atoms with Crippen LogP contribution in [0.5, 0.6) is 0 Å². The molecule has 0 saturated carbocycles. The van der Waals surface area contributed by atoms with Crippen molar-refractivity contribution in [2.75, 3.05) is 0 Å². The smallest absolute Gasteiger partial charge is 0.164 e. The van der Waals surface area contributed by atoms with E-state index >= 15 is 0 Å². The zero-order valence-electron chi connectivity index (χ0n) is 35.0. The molecule has 0 N–H and O–H groups in total. The molecular formula is C59H37N5S. The zero-order chi connectivity index (χ0) is 42.8. The van der Waals surface area contributed by atoms with Gasteiger partial charge in [0.25, 0.3) is 0 Å². The van der Waals surface area contributed by atoms with Gasteiger partial charge in [0.05, 0.1) is 16.7 Å². The molecule has 5 nitrogen and oxygen atoms in total. The van der Waals surface area contributed by atoms with Gasteiger partial charge in [-0.25, -0.2) is 15.0 Å². The second-order valence-electron chi connectivity index (χ2n) is 16.4. The van der Waals surface area contributed by atoms with E-state index in [1.54, 1.807) is 0 Å². The first-order valence-corrected chi connectivity index (χ1v) is 22.7. The largest absolute Gasteiger partial charge is 0.295 e. The van der Waals surface area contributed by atoms with Crippen LogP contribution in [-0.2, 0) is 0 Å². The van der Waals surface area contributed by atoms with Gasteiger partial charge in [0, 0.05) is 48.3 Å². The Morgan fingerprint density at radius 2 is 0.800 bits per heavy atom. The number of hydrogen-bond acceptors (Lipinski definition) is 4. The fourth-order valence-electron chi connectivity index (χ4n) is 9.51. The Kier molecular flexibility index (Phi) is 8.71. The molecule has 0 amide bonds. The van der Waals surface area contributed by atoms with E-state index in [9.17, 15) is 0 Å². The Morgan fingerprint density at radius 3 is 1.52 bits per heavy atom. The molecule has 1 aliphatic heterocycles. The van der Waals surface area contributed by atoms with Crippen molar-refractivity contribution in [3.8, 4) is 78.9 Å². The summed E-state index contributed by atoms with van der Waals surface area (Å²) >= 11 is 1.85. The van der Waals surface area contributed by atoms with E-state index in [4.69, 9.17) is 15.0 Å². The van der Waals surface area contributed by atoms with Gasteiger partial charge in [0.2, 0.25) is 0 Å². The third kappa shape index (κ3) is 6.29. The average molecular weight is 848 g/mol. The van der Waals surface area contributed by atoms with Crippen LogP contribution in [-0.4, -0.2) is 24.1 Å². The molecule has 65 heavy (non-hydrogen) atoms. The summed E-state index contributed by atoms with van der Waals surface area (Å²) in [6.07, 6.45) is 0. The lowest BCUT2D eigenvalue weighted by Crippen LogP contribution is -2.05. The second kappa shape index (κ2) is 15.2. The van der Waals surface area contributed by atoms with Crippen LogP contribution in [0.2, 0.25) is 0 Å². The first-order valence-electron chi connectivity index (χ1n) is 21.8. The van der Waals surface area contributed by atoms with Gasteiger partial charge in [0.15, 0.2) is 17.5 Å². The molecule has 3 aromatic heterocycles. The fraction of sp³-hybridized carbons (Fsp3) is 0. The van der Waals surface area contributed by atoms with Gasteiger partial charge in [-0.15, -0.1) is 0 Å². The van der Waals surface area contributed by atoms with Crippen LogP contribution in [0.3, 0.4) is 0 Å². The Bertz CT molecular complexity index is 3780. The van der Waals surface area contributed by atoms with Gasteiger partial charge in [-0.1, -0.05) is 188 Å². The predicted molar refractivity (Wildman–Crippen MR) is 268 cm³/mol. The Hall–Kier alpha value is -8.32. The lowest BCUT2D eigenvalue weighted by Gasteiger charge is -2.22. The molecule has 0 atom stereocenters. The number of fused-ring (bicyclic) bond motifs is 7. The molecule has 0 spiro atoms. The van der Waals surface area contributed by atoms with Crippen LogP contribution in [0.1, 0.15) is 0 Å². The molecule has 6 heteroatoms. The van der Waals surface area contributed by atoms with Crippen molar-refractivity contribution in [3.63, 3.8) is 0 Å². The number of benzene rings is 9. The third-order valence-corrected chi connectivity index (χ3v) is 13.7. The highest BCUT2D eigenvalue weighted by molar-refractivity contribution is 7.99. The Morgan fingerprint density at radius 1 is 0.323 bits per heavy atom. The van der Waals surface area contributed by atoms with Crippen molar-refractivity contribution in [2.24, 2.45) is 0 Å². The summed E-state index contributed by atoms with van der Waals surface area (Å²) in [6, 6.07) is 79.6. The van der Waals surface area contributed by atoms with Crippen molar-refractivity contribution in [1.82, 2.24) is 24.1 Å². The molecule has 0 radical (unpaired) electrons. The van der Waals surface area contributed by atoms with E-state index in [0.29, 0.717) is 17.5 Å². The summed E-state index contributed by atoms with van der Waals surface area (Å²) in [4.78, 5) is 17.8. The van der Waals surface area contributed by atoms with E-state index in [1.807, 2.05) is 30.0 Å². The van der Waals surface area contributed by atoms with Gasteiger partial charge in [-0.2, -0.15) is 0 Å². The zero-order valence-corrected chi connectivity index (χ0v) is 35.8. The van der Waals surface area contributed by atoms with Crippen molar-refractivity contribution >= 4 is 44.6 Å². The summed E-state index contributed by atoms with van der Waals surface area (Å²) < 4.78 is 4.92. The minimum absolute atomic E-state index is 0.627. The molecule has 9 aromatic carbocycles. The summed E-state index contributed by atoms with van der Waals surface area (Å²) in [7, 11) is 0. The number of nitrogens with zero attached hydrogens (tertiary/aromatic N) is 5. The molecule has 0 unspecified atom stereocenters. The Labute approximate surface area is 380 Å². The van der Waals surface area contributed by atoms with Gasteiger partial charge in [0.1, 0.15) is 5.65 Å². The van der Waals surface area contributed by atoms with E-state index in [0.717, 1.165) is 44.6 Å². The van der Waals surface area contributed by atoms with Crippen LogP contribution < -0.4 is 0 Å². The van der Waals surface area contributed by atoms with E-state index in [-0.39, 0.29) is 0 Å². The maximum Gasteiger partial charge on any atom is 0.164 e. The normalized spacial score (nSPS) is 11.9. The van der Waals surface area contributed by atoms with Crippen LogP contribution in [0.25, 0.3) is 112 Å². The van der Waals surface area contributed by atoms with Crippen LogP contribution in [0, 0.1) is 0 Å². The molecular weight excluding hydrogens is 811 g/mol. The predicted octanol–water partition coefficient (Wildman–Crippen LogP) is 15.4. The molecule has 13 rings (SSSR count). The molecule has 304 valence electrons. The van der Waals surface area contributed by atoms with Gasteiger partial charge in [-0.3, -0.25) is 9.13 Å². The monoisotopic (exact) mass is 847 g/mol. The number of hydrogen-bond donors (Lipinski definition) is 0. The van der Waals surface area contributed by atoms with Gasteiger partial charge in [-0.05, 0) is 81.9 Å². The lowest BCUT2D eigenvalue weighted by molar-refractivity contribution is 1.03. The minimum Gasteiger partial charge on any atom is -0.295 e. The quantitative estimate of drug-likeness (QED) is 0.160. The molecule has 4 heterocycles. The highest BCUT2D eigenvalue weighted by Crippen LogP contribution is 2.50. The summed E-state index contributed by atoms with van der Waals surface area (Å²) in [5.74, 6) is 1.89.